The highest BCUT2D eigenvalue weighted by molar-refractivity contribution is 5.12. The second kappa shape index (κ2) is 2.37. The Bertz CT molecular complexity index is 246. The van der Waals surface area contributed by atoms with E-state index >= 15 is 0 Å². The van der Waals surface area contributed by atoms with E-state index < -0.39 is 0 Å². The first-order valence-electron chi connectivity index (χ1n) is 6.43. The van der Waals surface area contributed by atoms with Gasteiger partial charge in [0.05, 0.1) is 6.10 Å². The maximum absolute atomic E-state index is 9.96. The van der Waals surface area contributed by atoms with E-state index in [0.29, 0.717) is 5.92 Å². The van der Waals surface area contributed by atoms with E-state index in [1.807, 2.05) is 0 Å². The van der Waals surface area contributed by atoms with Gasteiger partial charge in [-0.3, -0.25) is 0 Å². The number of fused-ring (bicyclic) bond motifs is 9. The lowest BCUT2D eigenvalue weighted by Crippen LogP contribution is -2.37. The number of aliphatic hydroxyl groups is 1. The highest BCUT2D eigenvalue weighted by Gasteiger charge is 2.63. The molecular formula is C13H20O. The molecule has 78 valence electrons. The zero-order chi connectivity index (χ0) is 9.45. The van der Waals surface area contributed by atoms with Gasteiger partial charge in [0.1, 0.15) is 0 Å². The molecule has 4 aliphatic rings. The smallest absolute Gasteiger partial charge is 0.0574 e. The lowest BCUT2D eigenvalue weighted by molar-refractivity contribution is 0.0180. The minimum Gasteiger partial charge on any atom is -0.393 e. The average Bonchev–Trinajstić information content (AvgIpc) is 2.78. The second-order valence-electron chi connectivity index (χ2n) is 6.49. The van der Waals surface area contributed by atoms with Crippen molar-refractivity contribution >= 4 is 0 Å². The molecule has 0 radical (unpaired) electrons. The van der Waals surface area contributed by atoms with Crippen LogP contribution in [0.2, 0.25) is 0 Å². The zero-order valence-electron chi connectivity index (χ0n) is 8.89. The Balaban J connectivity index is 1.72. The molecule has 0 aromatic heterocycles. The zero-order valence-corrected chi connectivity index (χ0v) is 8.89. The molecule has 0 saturated heterocycles. The van der Waals surface area contributed by atoms with Crippen LogP contribution in [-0.4, -0.2) is 11.2 Å². The predicted octanol–water partition coefficient (Wildman–Crippen LogP) is 2.30. The first kappa shape index (κ1) is 8.15. The van der Waals surface area contributed by atoms with Crippen LogP contribution >= 0.6 is 0 Å². The van der Waals surface area contributed by atoms with Crippen LogP contribution in [0.3, 0.4) is 0 Å². The molecule has 4 saturated carbocycles. The number of rotatable bonds is 0. The summed E-state index contributed by atoms with van der Waals surface area (Å²) in [5.74, 6) is 6.67. The molecule has 4 fully saturated rings. The van der Waals surface area contributed by atoms with Crippen LogP contribution in [0.5, 0.6) is 0 Å². The van der Waals surface area contributed by atoms with Crippen LogP contribution in [0, 0.1) is 41.4 Å². The van der Waals surface area contributed by atoms with E-state index in [1.54, 1.807) is 0 Å². The summed E-state index contributed by atoms with van der Waals surface area (Å²) >= 11 is 0. The van der Waals surface area contributed by atoms with Crippen LogP contribution in [0.1, 0.15) is 32.6 Å². The van der Waals surface area contributed by atoms with Gasteiger partial charge in [-0.15, -0.1) is 0 Å². The minimum atomic E-state index is 0.0795. The van der Waals surface area contributed by atoms with Gasteiger partial charge < -0.3 is 5.11 Å². The Morgan fingerprint density at radius 3 is 2.36 bits per heavy atom. The molecule has 4 rings (SSSR count). The van der Waals surface area contributed by atoms with Gasteiger partial charge in [0, 0.05) is 0 Å². The highest BCUT2D eigenvalue weighted by atomic mass is 16.3. The van der Waals surface area contributed by atoms with Crippen LogP contribution in [-0.2, 0) is 0 Å². The van der Waals surface area contributed by atoms with Crippen molar-refractivity contribution in [1.82, 2.24) is 0 Å². The van der Waals surface area contributed by atoms with Crippen molar-refractivity contribution in [3.8, 4) is 0 Å². The third-order valence-electron chi connectivity index (χ3n) is 6.12. The van der Waals surface area contributed by atoms with Crippen molar-refractivity contribution in [3.63, 3.8) is 0 Å². The second-order valence-corrected chi connectivity index (χ2v) is 6.49. The third kappa shape index (κ3) is 0.743. The Labute approximate surface area is 85.9 Å². The molecule has 4 bridgehead atoms. The largest absolute Gasteiger partial charge is 0.393 e. The van der Waals surface area contributed by atoms with Crippen molar-refractivity contribution in [2.75, 3.05) is 0 Å². The molecule has 1 heteroatoms. The molecule has 1 nitrogen and oxygen atoms in total. The fourth-order valence-electron chi connectivity index (χ4n) is 5.90. The summed E-state index contributed by atoms with van der Waals surface area (Å²) in [6.07, 6.45) is 5.58. The lowest BCUT2D eigenvalue weighted by atomic mass is 9.67. The SMILES string of the molecule is C[C@@H]1CC2C[C@H]1C1C3CC(O)C(C3)C21. The normalized spacial score (nSPS) is 69.0. The minimum absolute atomic E-state index is 0.0795. The maximum atomic E-state index is 9.96. The number of hydrogen-bond acceptors (Lipinski definition) is 1. The summed E-state index contributed by atoms with van der Waals surface area (Å²) in [5, 5.41) is 9.96. The Hall–Kier alpha value is -0.0400. The number of hydrogen-bond donors (Lipinski definition) is 1. The van der Waals surface area contributed by atoms with Crippen molar-refractivity contribution in [3.05, 3.63) is 0 Å². The maximum Gasteiger partial charge on any atom is 0.0574 e. The van der Waals surface area contributed by atoms with Crippen LogP contribution in [0.4, 0.5) is 0 Å². The summed E-state index contributed by atoms with van der Waals surface area (Å²) in [5.41, 5.74) is 0. The Kier molecular flexibility index (Phi) is 1.38. The topological polar surface area (TPSA) is 20.2 Å². The summed E-state index contributed by atoms with van der Waals surface area (Å²) in [6.45, 7) is 2.46. The van der Waals surface area contributed by atoms with E-state index in [0.717, 1.165) is 41.9 Å². The first-order chi connectivity index (χ1) is 6.75. The molecule has 0 spiro atoms. The molecule has 0 aromatic rings. The molecular weight excluding hydrogens is 172 g/mol. The van der Waals surface area contributed by atoms with Gasteiger partial charge in [-0.05, 0) is 67.1 Å². The molecule has 0 amide bonds. The van der Waals surface area contributed by atoms with Crippen LogP contribution in [0.15, 0.2) is 0 Å². The van der Waals surface area contributed by atoms with E-state index in [2.05, 4.69) is 6.92 Å². The van der Waals surface area contributed by atoms with Gasteiger partial charge in [-0.25, -0.2) is 0 Å². The van der Waals surface area contributed by atoms with Crippen LogP contribution < -0.4 is 0 Å². The average molecular weight is 192 g/mol. The van der Waals surface area contributed by atoms with Gasteiger partial charge in [-0.1, -0.05) is 6.92 Å². The molecule has 6 unspecified atom stereocenters. The van der Waals surface area contributed by atoms with E-state index in [4.69, 9.17) is 0 Å². The number of aliphatic hydroxyl groups excluding tert-OH is 1. The standard InChI is InChI=1S/C13H20O/c1-6-2-7-3-9(6)12-8-4-10(13(7)12)11(14)5-8/h6-14H,2-5H2,1H3/t6-,7?,8?,9-,10?,11?,12?,13?/m1/s1. The Morgan fingerprint density at radius 2 is 1.50 bits per heavy atom. The van der Waals surface area contributed by atoms with Gasteiger partial charge >= 0.3 is 0 Å². The van der Waals surface area contributed by atoms with E-state index in [1.165, 1.54) is 19.3 Å². The van der Waals surface area contributed by atoms with Crippen LogP contribution in [0.25, 0.3) is 0 Å². The predicted molar refractivity (Wildman–Crippen MR) is 54.6 cm³/mol. The van der Waals surface area contributed by atoms with E-state index in [-0.39, 0.29) is 6.10 Å². The van der Waals surface area contributed by atoms with Gasteiger partial charge in [0.25, 0.3) is 0 Å². The summed E-state index contributed by atoms with van der Waals surface area (Å²) in [4.78, 5) is 0. The molecule has 0 heterocycles. The third-order valence-corrected chi connectivity index (χ3v) is 6.12. The summed E-state index contributed by atoms with van der Waals surface area (Å²) in [7, 11) is 0. The van der Waals surface area contributed by atoms with Gasteiger partial charge in [0.2, 0.25) is 0 Å². The molecule has 8 atom stereocenters. The fourth-order valence-corrected chi connectivity index (χ4v) is 5.90. The monoisotopic (exact) mass is 192 g/mol. The van der Waals surface area contributed by atoms with Crippen molar-refractivity contribution < 1.29 is 5.11 Å². The molecule has 4 aliphatic carbocycles. The Morgan fingerprint density at radius 1 is 0.857 bits per heavy atom. The van der Waals surface area contributed by atoms with Gasteiger partial charge in [-0.2, -0.15) is 0 Å². The van der Waals surface area contributed by atoms with Gasteiger partial charge in [0.15, 0.2) is 0 Å². The lowest BCUT2D eigenvalue weighted by Gasteiger charge is -2.39. The van der Waals surface area contributed by atoms with E-state index in [9.17, 15) is 5.11 Å². The first-order valence-corrected chi connectivity index (χ1v) is 6.43. The highest BCUT2D eigenvalue weighted by Crippen LogP contribution is 2.68. The van der Waals surface area contributed by atoms with Crippen molar-refractivity contribution in [1.29, 1.82) is 0 Å². The summed E-state index contributed by atoms with van der Waals surface area (Å²) < 4.78 is 0. The molecule has 0 aliphatic heterocycles. The molecule has 0 aromatic carbocycles. The van der Waals surface area contributed by atoms with Crippen molar-refractivity contribution in [2.45, 2.75) is 38.7 Å². The molecule has 1 N–H and O–H groups in total. The van der Waals surface area contributed by atoms with Crippen molar-refractivity contribution in [2.24, 2.45) is 41.4 Å². The fraction of sp³-hybridized carbons (Fsp3) is 1.00. The molecule has 14 heavy (non-hydrogen) atoms. The quantitative estimate of drug-likeness (QED) is 0.584. The summed E-state index contributed by atoms with van der Waals surface area (Å²) in [6, 6.07) is 0.